The van der Waals surface area contributed by atoms with Gasteiger partial charge in [-0.3, -0.25) is 19.2 Å². The molecule has 0 aliphatic rings. The maximum absolute atomic E-state index is 13.3. The number of nitrogens with one attached hydrogen (secondary N) is 1. The predicted octanol–water partition coefficient (Wildman–Crippen LogP) is 1.39. The molecule has 0 unspecified atom stereocenters. The SMILES string of the molecule is COC(=O)C(C(=O)OC)[C@@H](C)[C@H](NC(=O)C(c1ccccc1)c1ccccc1)C(N)=O. The Kier molecular flexibility index (Phi) is 8.31. The fraction of sp³-hybridized carbons (Fsp3) is 0.304. The van der Waals surface area contributed by atoms with Crippen LogP contribution in [-0.4, -0.2) is 44.0 Å². The third kappa shape index (κ3) is 5.69. The van der Waals surface area contributed by atoms with E-state index in [-0.39, 0.29) is 0 Å². The highest BCUT2D eigenvalue weighted by atomic mass is 16.5. The molecule has 0 bridgehead atoms. The zero-order chi connectivity index (χ0) is 23.0. The third-order valence-electron chi connectivity index (χ3n) is 5.09. The van der Waals surface area contributed by atoms with E-state index in [0.717, 1.165) is 14.2 Å². The van der Waals surface area contributed by atoms with Gasteiger partial charge in [-0.2, -0.15) is 0 Å². The van der Waals surface area contributed by atoms with Crippen molar-refractivity contribution in [2.75, 3.05) is 14.2 Å². The average molecular weight is 426 g/mol. The lowest BCUT2D eigenvalue weighted by molar-refractivity contribution is -0.162. The van der Waals surface area contributed by atoms with Crippen LogP contribution >= 0.6 is 0 Å². The number of nitrogens with two attached hydrogens (primary N) is 1. The Bertz CT molecular complexity index is 861. The Labute approximate surface area is 180 Å². The summed E-state index contributed by atoms with van der Waals surface area (Å²) in [7, 11) is 2.23. The highest BCUT2D eigenvalue weighted by Crippen LogP contribution is 2.26. The quantitative estimate of drug-likeness (QED) is 0.461. The maximum atomic E-state index is 13.3. The lowest BCUT2D eigenvalue weighted by Gasteiger charge is -2.28. The number of benzene rings is 2. The molecule has 0 aliphatic heterocycles. The summed E-state index contributed by atoms with van der Waals surface area (Å²) >= 11 is 0. The molecule has 0 saturated heterocycles. The van der Waals surface area contributed by atoms with Crippen molar-refractivity contribution in [3.63, 3.8) is 0 Å². The van der Waals surface area contributed by atoms with E-state index in [1.165, 1.54) is 6.92 Å². The van der Waals surface area contributed by atoms with Crippen molar-refractivity contribution in [1.82, 2.24) is 5.32 Å². The van der Waals surface area contributed by atoms with Crippen molar-refractivity contribution in [1.29, 1.82) is 0 Å². The first-order valence-electron chi connectivity index (χ1n) is 9.67. The van der Waals surface area contributed by atoms with Crippen LogP contribution in [-0.2, 0) is 28.7 Å². The number of primary amides is 1. The number of ether oxygens (including phenoxy) is 2. The lowest BCUT2D eigenvalue weighted by atomic mass is 9.85. The molecule has 0 fully saturated rings. The zero-order valence-electron chi connectivity index (χ0n) is 17.6. The van der Waals surface area contributed by atoms with E-state index in [2.05, 4.69) is 14.8 Å². The molecule has 2 rings (SSSR count). The van der Waals surface area contributed by atoms with Gasteiger partial charge in [0, 0.05) is 5.92 Å². The van der Waals surface area contributed by atoms with Crippen LogP contribution in [0.5, 0.6) is 0 Å². The third-order valence-corrected chi connectivity index (χ3v) is 5.09. The number of carbonyl (C=O) groups excluding carboxylic acids is 4. The molecule has 0 heterocycles. The summed E-state index contributed by atoms with van der Waals surface area (Å²) in [6.07, 6.45) is 0. The smallest absolute Gasteiger partial charge is 0.320 e. The van der Waals surface area contributed by atoms with Crippen LogP contribution in [0.4, 0.5) is 0 Å². The van der Waals surface area contributed by atoms with E-state index in [4.69, 9.17) is 5.73 Å². The van der Waals surface area contributed by atoms with E-state index in [1.807, 2.05) is 12.1 Å². The van der Waals surface area contributed by atoms with Gasteiger partial charge in [0.25, 0.3) is 0 Å². The van der Waals surface area contributed by atoms with Crippen LogP contribution in [0.3, 0.4) is 0 Å². The molecule has 0 saturated carbocycles. The summed E-state index contributed by atoms with van der Waals surface area (Å²) in [6, 6.07) is 16.7. The minimum atomic E-state index is -1.43. The Balaban J connectivity index is 2.39. The highest BCUT2D eigenvalue weighted by Gasteiger charge is 2.42. The molecular weight excluding hydrogens is 400 g/mol. The zero-order valence-corrected chi connectivity index (χ0v) is 17.6. The van der Waals surface area contributed by atoms with Crippen LogP contribution < -0.4 is 11.1 Å². The lowest BCUT2D eigenvalue weighted by Crippen LogP contribution is -2.53. The summed E-state index contributed by atoms with van der Waals surface area (Å²) in [5.74, 6) is -6.33. The van der Waals surface area contributed by atoms with Crippen molar-refractivity contribution in [3.8, 4) is 0 Å². The van der Waals surface area contributed by atoms with E-state index < -0.39 is 47.5 Å². The molecule has 0 aliphatic carbocycles. The van der Waals surface area contributed by atoms with E-state index in [1.54, 1.807) is 48.5 Å². The molecule has 2 aromatic rings. The molecule has 0 radical (unpaired) electrons. The fourth-order valence-electron chi connectivity index (χ4n) is 3.46. The van der Waals surface area contributed by atoms with Crippen LogP contribution in [0.2, 0.25) is 0 Å². The topological polar surface area (TPSA) is 125 Å². The van der Waals surface area contributed by atoms with Crippen LogP contribution in [0.25, 0.3) is 0 Å². The fourth-order valence-corrected chi connectivity index (χ4v) is 3.46. The molecule has 8 heteroatoms. The number of hydrogen-bond donors (Lipinski definition) is 2. The highest BCUT2D eigenvalue weighted by molar-refractivity contribution is 5.97. The van der Waals surface area contributed by atoms with E-state index in [0.29, 0.717) is 11.1 Å². The van der Waals surface area contributed by atoms with E-state index in [9.17, 15) is 19.2 Å². The summed E-state index contributed by atoms with van der Waals surface area (Å²) in [6.45, 7) is 1.45. The molecule has 0 spiro atoms. The van der Waals surface area contributed by atoms with Crippen molar-refractivity contribution in [3.05, 3.63) is 71.8 Å². The minimum absolute atomic E-state index is 0.499. The van der Waals surface area contributed by atoms with Gasteiger partial charge in [0.05, 0.1) is 20.1 Å². The number of methoxy groups -OCH3 is 2. The Morgan fingerprint density at radius 3 is 1.58 bits per heavy atom. The molecule has 164 valence electrons. The van der Waals surface area contributed by atoms with Crippen LogP contribution in [0.1, 0.15) is 24.0 Å². The van der Waals surface area contributed by atoms with Gasteiger partial charge < -0.3 is 20.5 Å². The number of amides is 2. The standard InChI is InChI=1S/C23H26N2O6/c1-14(17(22(28)30-2)23(29)31-3)19(20(24)26)25-21(27)18(15-10-6-4-7-11-15)16-12-8-5-9-13-16/h4-14,17-19H,1-3H3,(H2,24,26)(H,25,27)/t14-,19+/m1/s1. The molecule has 31 heavy (non-hydrogen) atoms. The molecule has 2 aromatic carbocycles. The average Bonchev–Trinajstić information content (AvgIpc) is 2.78. The van der Waals surface area contributed by atoms with Gasteiger partial charge in [-0.15, -0.1) is 0 Å². The van der Waals surface area contributed by atoms with Crippen LogP contribution in [0.15, 0.2) is 60.7 Å². The maximum Gasteiger partial charge on any atom is 0.320 e. The van der Waals surface area contributed by atoms with E-state index >= 15 is 0 Å². The van der Waals surface area contributed by atoms with Gasteiger partial charge in [-0.1, -0.05) is 67.6 Å². The first-order valence-corrected chi connectivity index (χ1v) is 9.67. The molecule has 2 atom stereocenters. The summed E-state index contributed by atoms with van der Waals surface area (Å²) in [5.41, 5.74) is 6.94. The number of hydrogen-bond acceptors (Lipinski definition) is 6. The Morgan fingerprint density at radius 2 is 1.23 bits per heavy atom. The Morgan fingerprint density at radius 1 is 0.806 bits per heavy atom. The van der Waals surface area contributed by atoms with Gasteiger partial charge in [0.1, 0.15) is 6.04 Å². The second-order valence-electron chi connectivity index (χ2n) is 7.03. The molecule has 8 nitrogen and oxygen atoms in total. The van der Waals surface area contributed by atoms with Gasteiger partial charge in [0.2, 0.25) is 11.8 Å². The van der Waals surface area contributed by atoms with Crippen molar-refractivity contribution in [2.24, 2.45) is 17.6 Å². The molecule has 0 aromatic heterocycles. The predicted molar refractivity (Wildman–Crippen MR) is 113 cm³/mol. The molecular formula is C23H26N2O6. The van der Waals surface area contributed by atoms with Gasteiger partial charge >= 0.3 is 11.9 Å². The van der Waals surface area contributed by atoms with Gasteiger partial charge in [-0.05, 0) is 11.1 Å². The van der Waals surface area contributed by atoms with Gasteiger partial charge in [0.15, 0.2) is 5.92 Å². The minimum Gasteiger partial charge on any atom is -0.468 e. The molecule has 2 amide bonds. The molecule has 3 N–H and O–H groups in total. The number of carbonyl (C=O) groups is 4. The first kappa shape index (κ1) is 23.6. The van der Waals surface area contributed by atoms with Crippen molar-refractivity contribution < 1.29 is 28.7 Å². The van der Waals surface area contributed by atoms with Crippen LogP contribution in [0, 0.1) is 11.8 Å². The monoisotopic (exact) mass is 426 g/mol. The van der Waals surface area contributed by atoms with Gasteiger partial charge in [-0.25, -0.2) is 0 Å². The summed E-state index contributed by atoms with van der Waals surface area (Å²) < 4.78 is 9.35. The second-order valence-corrected chi connectivity index (χ2v) is 7.03. The van der Waals surface area contributed by atoms with Crippen molar-refractivity contribution in [2.45, 2.75) is 18.9 Å². The first-order chi connectivity index (χ1) is 14.8. The normalized spacial score (nSPS) is 12.7. The summed E-state index contributed by atoms with van der Waals surface area (Å²) in [4.78, 5) is 49.8. The van der Waals surface area contributed by atoms with Crippen molar-refractivity contribution >= 4 is 23.8 Å². The number of esters is 2. The number of rotatable bonds is 9. The summed E-state index contributed by atoms with van der Waals surface area (Å²) in [5, 5.41) is 2.62. The Hall–Kier alpha value is -3.68. The second kappa shape index (κ2) is 10.9. The largest absolute Gasteiger partial charge is 0.468 e.